The van der Waals surface area contributed by atoms with Crippen LogP contribution in [0.15, 0.2) is 6.07 Å². The van der Waals surface area contributed by atoms with Crippen molar-refractivity contribution >= 4 is 22.8 Å². The standard InChI is InChI=1S/C12H14N4O3/c1-6-4-8-10(12(19)13-3)15-16(5-9(17)18)11(8)7(2)14-6/h4H,5H2,1-3H3,(H,13,19)(H,17,18). The van der Waals surface area contributed by atoms with Crippen LogP contribution in [0.5, 0.6) is 0 Å². The largest absolute Gasteiger partial charge is 0.480 e. The molecule has 2 heterocycles. The molecule has 0 fully saturated rings. The lowest BCUT2D eigenvalue weighted by molar-refractivity contribution is -0.137. The third-order valence-electron chi connectivity index (χ3n) is 2.76. The van der Waals surface area contributed by atoms with Gasteiger partial charge in [0.1, 0.15) is 6.54 Å². The van der Waals surface area contributed by atoms with Crippen LogP contribution in [-0.4, -0.2) is 38.8 Å². The lowest BCUT2D eigenvalue weighted by atomic mass is 10.1. The van der Waals surface area contributed by atoms with Gasteiger partial charge >= 0.3 is 5.97 Å². The fraction of sp³-hybridized carbons (Fsp3) is 0.333. The maximum atomic E-state index is 11.8. The van der Waals surface area contributed by atoms with Crippen molar-refractivity contribution in [1.29, 1.82) is 0 Å². The molecule has 19 heavy (non-hydrogen) atoms. The molecule has 0 saturated heterocycles. The summed E-state index contributed by atoms with van der Waals surface area (Å²) in [6, 6.07) is 1.73. The van der Waals surface area contributed by atoms with Crippen LogP contribution in [0.2, 0.25) is 0 Å². The Labute approximate surface area is 109 Å². The number of rotatable bonds is 3. The first-order valence-corrected chi connectivity index (χ1v) is 5.72. The highest BCUT2D eigenvalue weighted by Gasteiger charge is 2.19. The maximum Gasteiger partial charge on any atom is 0.325 e. The zero-order valence-electron chi connectivity index (χ0n) is 10.9. The summed E-state index contributed by atoms with van der Waals surface area (Å²) in [6.45, 7) is 3.27. The number of nitrogens with zero attached hydrogens (tertiary/aromatic N) is 3. The van der Waals surface area contributed by atoms with Crippen molar-refractivity contribution in [2.75, 3.05) is 7.05 Å². The Morgan fingerprint density at radius 3 is 2.68 bits per heavy atom. The van der Waals surface area contributed by atoms with Gasteiger partial charge in [-0.3, -0.25) is 19.3 Å². The Morgan fingerprint density at radius 1 is 1.42 bits per heavy atom. The van der Waals surface area contributed by atoms with E-state index in [1.54, 1.807) is 13.0 Å². The first-order valence-electron chi connectivity index (χ1n) is 5.72. The number of hydrogen-bond donors (Lipinski definition) is 2. The summed E-state index contributed by atoms with van der Waals surface area (Å²) < 4.78 is 1.30. The molecule has 2 N–H and O–H groups in total. The van der Waals surface area contributed by atoms with Crippen LogP contribution in [0, 0.1) is 13.8 Å². The lowest BCUT2D eigenvalue weighted by Gasteiger charge is -2.02. The van der Waals surface area contributed by atoms with Gasteiger partial charge in [0.15, 0.2) is 5.69 Å². The minimum atomic E-state index is -1.02. The number of pyridine rings is 1. The van der Waals surface area contributed by atoms with Crippen LogP contribution < -0.4 is 5.32 Å². The molecule has 0 atom stereocenters. The average Bonchev–Trinajstić information content (AvgIpc) is 2.66. The van der Waals surface area contributed by atoms with E-state index in [0.29, 0.717) is 16.6 Å². The summed E-state index contributed by atoms with van der Waals surface area (Å²) in [7, 11) is 1.51. The molecular formula is C12H14N4O3. The fourth-order valence-corrected chi connectivity index (χ4v) is 2.08. The molecule has 0 spiro atoms. The van der Waals surface area contributed by atoms with Crippen LogP contribution in [-0.2, 0) is 11.3 Å². The average molecular weight is 262 g/mol. The number of aliphatic carboxylic acids is 1. The van der Waals surface area contributed by atoms with Crippen molar-refractivity contribution in [3.05, 3.63) is 23.1 Å². The van der Waals surface area contributed by atoms with Gasteiger partial charge in [-0.15, -0.1) is 0 Å². The molecule has 0 unspecified atom stereocenters. The Kier molecular flexibility index (Phi) is 3.20. The molecule has 0 aliphatic rings. The van der Waals surface area contributed by atoms with E-state index in [-0.39, 0.29) is 18.1 Å². The fourth-order valence-electron chi connectivity index (χ4n) is 2.08. The SMILES string of the molecule is CNC(=O)c1nn(CC(=O)O)c2c(C)nc(C)cc12. The molecule has 0 aromatic carbocycles. The Balaban J connectivity index is 2.76. The molecule has 2 aromatic rings. The number of carbonyl (C=O) groups is 2. The predicted molar refractivity (Wildman–Crippen MR) is 68.0 cm³/mol. The summed E-state index contributed by atoms with van der Waals surface area (Å²) in [6.07, 6.45) is 0. The summed E-state index contributed by atoms with van der Waals surface area (Å²) in [4.78, 5) is 26.9. The van der Waals surface area contributed by atoms with Crippen LogP contribution in [0.25, 0.3) is 10.9 Å². The molecular weight excluding hydrogens is 248 g/mol. The molecule has 0 saturated carbocycles. The van der Waals surface area contributed by atoms with Crippen molar-refractivity contribution in [3.63, 3.8) is 0 Å². The summed E-state index contributed by atoms with van der Waals surface area (Å²) in [5.74, 6) is -1.37. The summed E-state index contributed by atoms with van der Waals surface area (Å²) in [5, 5.41) is 16.1. The van der Waals surface area contributed by atoms with E-state index in [2.05, 4.69) is 15.4 Å². The highest BCUT2D eigenvalue weighted by atomic mass is 16.4. The molecule has 100 valence electrons. The normalized spacial score (nSPS) is 10.7. The molecule has 0 radical (unpaired) electrons. The molecule has 0 bridgehead atoms. The van der Waals surface area contributed by atoms with Crippen LogP contribution in [0.1, 0.15) is 21.9 Å². The van der Waals surface area contributed by atoms with E-state index < -0.39 is 5.97 Å². The minimum Gasteiger partial charge on any atom is -0.480 e. The van der Waals surface area contributed by atoms with Crippen LogP contribution in [0.4, 0.5) is 0 Å². The van der Waals surface area contributed by atoms with Gasteiger partial charge in [0.05, 0.1) is 11.2 Å². The topological polar surface area (TPSA) is 97.1 Å². The third-order valence-corrected chi connectivity index (χ3v) is 2.76. The second-order valence-corrected chi connectivity index (χ2v) is 4.22. The monoisotopic (exact) mass is 262 g/mol. The number of aromatic nitrogens is 3. The number of amides is 1. The first-order chi connectivity index (χ1) is 8.93. The smallest absolute Gasteiger partial charge is 0.325 e. The number of fused-ring (bicyclic) bond motifs is 1. The zero-order valence-corrected chi connectivity index (χ0v) is 10.9. The van der Waals surface area contributed by atoms with Gasteiger partial charge < -0.3 is 10.4 Å². The molecule has 0 aliphatic heterocycles. The molecule has 1 amide bonds. The van der Waals surface area contributed by atoms with Crippen molar-refractivity contribution in [3.8, 4) is 0 Å². The number of carboxylic acids is 1. The first kappa shape index (κ1) is 13.0. The molecule has 2 aromatic heterocycles. The zero-order chi connectivity index (χ0) is 14.2. The van der Waals surface area contributed by atoms with Crippen LogP contribution in [0.3, 0.4) is 0 Å². The van der Waals surface area contributed by atoms with Gasteiger partial charge in [-0.25, -0.2) is 0 Å². The van der Waals surface area contributed by atoms with Gasteiger partial charge in [-0.05, 0) is 19.9 Å². The number of hydrogen-bond acceptors (Lipinski definition) is 4. The number of carbonyl (C=O) groups excluding carboxylic acids is 1. The van der Waals surface area contributed by atoms with Crippen molar-refractivity contribution in [2.24, 2.45) is 0 Å². The second kappa shape index (κ2) is 4.68. The Bertz CT molecular complexity index is 675. The number of carboxylic acid groups (broad SMARTS) is 1. The van der Waals surface area contributed by atoms with Gasteiger partial charge in [-0.2, -0.15) is 5.10 Å². The maximum absolute atomic E-state index is 11.8. The quantitative estimate of drug-likeness (QED) is 0.839. The highest BCUT2D eigenvalue weighted by Crippen LogP contribution is 2.22. The van der Waals surface area contributed by atoms with Gasteiger partial charge in [0.25, 0.3) is 5.91 Å². The number of nitrogens with one attached hydrogen (secondary N) is 1. The van der Waals surface area contributed by atoms with E-state index in [1.165, 1.54) is 11.7 Å². The van der Waals surface area contributed by atoms with E-state index in [1.807, 2.05) is 6.92 Å². The minimum absolute atomic E-state index is 0.215. The van der Waals surface area contributed by atoms with E-state index in [4.69, 9.17) is 5.11 Å². The summed E-state index contributed by atoms with van der Waals surface area (Å²) >= 11 is 0. The van der Waals surface area contributed by atoms with Crippen molar-refractivity contribution in [1.82, 2.24) is 20.1 Å². The van der Waals surface area contributed by atoms with Gasteiger partial charge in [0.2, 0.25) is 0 Å². The Hall–Kier alpha value is -2.44. The Morgan fingerprint density at radius 2 is 2.11 bits per heavy atom. The second-order valence-electron chi connectivity index (χ2n) is 4.22. The summed E-state index contributed by atoms with van der Waals surface area (Å²) in [5.41, 5.74) is 2.20. The van der Waals surface area contributed by atoms with Gasteiger partial charge in [-0.1, -0.05) is 0 Å². The van der Waals surface area contributed by atoms with E-state index in [0.717, 1.165) is 5.69 Å². The predicted octanol–water partition coefficient (Wildman–Crippen LogP) is 0.492. The highest BCUT2D eigenvalue weighted by molar-refractivity contribution is 6.05. The van der Waals surface area contributed by atoms with Crippen LogP contribution >= 0.6 is 0 Å². The lowest BCUT2D eigenvalue weighted by Crippen LogP contribution is -2.19. The van der Waals surface area contributed by atoms with E-state index >= 15 is 0 Å². The van der Waals surface area contributed by atoms with Crippen molar-refractivity contribution < 1.29 is 14.7 Å². The molecule has 7 heteroatoms. The van der Waals surface area contributed by atoms with Crippen molar-refractivity contribution in [2.45, 2.75) is 20.4 Å². The molecule has 0 aliphatic carbocycles. The number of aryl methyl sites for hydroxylation is 2. The third kappa shape index (κ3) is 2.26. The van der Waals surface area contributed by atoms with Gasteiger partial charge in [0, 0.05) is 18.1 Å². The van der Waals surface area contributed by atoms with E-state index in [9.17, 15) is 9.59 Å². The molecule has 7 nitrogen and oxygen atoms in total. The molecule has 2 rings (SSSR count).